The van der Waals surface area contributed by atoms with Crippen molar-refractivity contribution in [1.82, 2.24) is 10.6 Å². The minimum atomic E-state index is -0.582. The molecule has 0 spiro atoms. The molecule has 1 saturated carbocycles. The second-order valence-corrected chi connectivity index (χ2v) is 6.20. The molecule has 6 heteroatoms. The van der Waals surface area contributed by atoms with Crippen LogP contribution in [0, 0.1) is 23.5 Å². The fourth-order valence-electron chi connectivity index (χ4n) is 3.15. The van der Waals surface area contributed by atoms with Crippen LogP contribution in [0.25, 0.3) is 0 Å². The van der Waals surface area contributed by atoms with Crippen molar-refractivity contribution in [1.29, 1.82) is 0 Å². The van der Waals surface area contributed by atoms with Gasteiger partial charge in [-0.15, -0.1) is 12.4 Å². The number of hydrogen-bond acceptors (Lipinski definition) is 2. The number of piperidine rings is 1. The van der Waals surface area contributed by atoms with Crippen LogP contribution in [0.5, 0.6) is 0 Å². The van der Waals surface area contributed by atoms with Gasteiger partial charge < -0.3 is 10.6 Å². The van der Waals surface area contributed by atoms with Crippen LogP contribution in [-0.4, -0.2) is 25.0 Å². The van der Waals surface area contributed by atoms with E-state index in [4.69, 9.17) is 0 Å². The van der Waals surface area contributed by atoms with E-state index in [0.717, 1.165) is 25.6 Å². The molecule has 1 aromatic rings. The number of carbonyl (C=O) groups is 1. The van der Waals surface area contributed by atoms with E-state index in [1.165, 1.54) is 12.1 Å². The highest BCUT2D eigenvalue weighted by molar-refractivity contribution is 5.85. The van der Waals surface area contributed by atoms with Crippen molar-refractivity contribution < 1.29 is 13.6 Å². The van der Waals surface area contributed by atoms with Gasteiger partial charge in [-0.2, -0.15) is 0 Å². The van der Waals surface area contributed by atoms with Gasteiger partial charge in [-0.25, -0.2) is 8.78 Å². The summed E-state index contributed by atoms with van der Waals surface area (Å²) in [5.74, 6) is -1.01. The van der Waals surface area contributed by atoms with Crippen LogP contribution < -0.4 is 10.6 Å². The normalized spacial score (nSPS) is 30.3. The summed E-state index contributed by atoms with van der Waals surface area (Å²) in [6, 6.07) is 3.78. The number of benzene rings is 1. The highest BCUT2D eigenvalue weighted by atomic mass is 35.5. The van der Waals surface area contributed by atoms with E-state index < -0.39 is 11.6 Å². The monoisotopic (exact) mass is 330 g/mol. The molecule has 2 N–H and O–H groups in total. The number of carbonyl (C=O) groups excluding carboxylic acids is 1. The first-order chi connectivity index (χ1) is 10.1. The molecule has 4 unspecified atom stereocenters. The van der Waals surface area contributed by atoms with Crippen molar-refractivity contribution in [2.75, 3.05) is 13.1 Å². The number of amides is 1. The molecule has 1 heterocycles. The summed E-state index contributed by atoms with van der Waals surface area (Å²) in [4.78, 5) is 12.3. The first-order valence-corrected chi connectivity index (χ1v) is 7.52. The number of hydrogen-bond donors (Lipinski definition) is 2. The summed E-state index contributed by atoms with van der Waals surface area (Å²) in [5, 5.41) is 6.38. The van der Waals surface area contributed by atoms with Gasteiger partial charge in [0.25, 0.3) is 0 Å². The molecule has 2 fully saturated rings. The Kier molecular flexibility index (Phi) is 5.40. The van der Waals surface area contributed by atoms with Crippen molar-refractivity contribution >= 4 is 18.3 Å². The van der Waals surface area contributed by atoms with E-state index in [-0.39, 0.29) is 36.2 Å². The fourth-order valence-corrected chi connectivity index (χ4v) is 3.15. The molecule has 122 valence electrons. The van der Waals surface area contributed by atoms with Gasteiger partial charge in [0.2, 0.25) is 5.91 Å². The Morgan fingerprint density at radius 3 is 2.82 bits per heavy atom. The van der Waals surface area contributed by atoms with Gasteiger partial charge in [0, 0.05) is 18.0 Å². The molecule has 1 aliphatic heterocycles. The van der Waals surface area contributed by atoms with Crippen molar-refractivity contribution in [2.24, 2.45) is 11.8 Å². The van der Waals surface area contributed by atoms with Crippen LogP contribution in [0.3, 0.4) is 0 Å². The lowest BCUT2D eigenvalue weighted by molar-refractivity contribution is -0.123. The first-order valence-electron chi connectivity index (χ1n) is 7.52. The maximum atomic E-state index is 13.7. The van der Waals surface area contributed by atoms with Crippen molar-refractivity contribution in [3.63, 3.8) is 0 Å². The molecule has 0 radical (unpaired) electrons. The topological polar surface area (TPSA) is 41.1 Å². The van der Waals surface area contributed by atoms with Crippen molar-refractivity contribution in [2.45, 2.75) is 31.7 Å². The standard InChI is InChI=1S/C16H20F2N2O.ClH/c1-9-8-19-5-4-15(9)20-16(21)13-7-12(13)11-3-2-10(17)6-14(11)18;/h2-3,6,9,12-13,15,19H,4-5,7-8H2,1H3,(H,20,21);1H. The van der Waals surface area contributed by atoms with Gasteiger partial charge in [-0.1, -0.05) is 13.0 Å². The molecule has 0 aromatic heterocycles. The summed E-state index contributed by atoms with van der Waals surface area (Å²) >= 11 is 0. The van der Waals surface area contributed by atoms with E-state index in [0.29, 0.717) is 17.9 Å². The third-order valence-electron chi connectivity index (χ3n) is 4.60. The van der Waals surface area contributed by atoms with Gasteiger partial charge in [0.1, 0.15) is 11.6 Å². The van der Waals surface area contributed by atoms with Gasteiger partial charge in [0.05, 0.1) is 0 Å². The number of rotatable bonds is 3. The molecule has 4 atom stereocenters. The van der Waals surface area contributed by atoms with E-state index in [1.807, 2.05) is 0 Å². The number of nitrogens with one attached hydrogen (secondary N) is 2. The minimum absolute atomic E-state index is 0. The molecule has 2 aliphatic rings. The van der Waals surface area contributed by atoms with E-state index >= 15 is 0 Å². The zero-order valence-electron chi connectivity index (χ0n) is 12.4. The SMILES string of the molecule is CC1CNCCC1NC(=O)C1CC1c1ccc(F)cc1F.Cl. The van der Waals surface area contributed by atoms with Crippen LogP contribution >= 0.6 is 12.4 Å². The average Bonchev–Trinajstić information content (AvgIpc) is 3.21. The molecule has 1 saturated heterocycles. The van der Waals surface area contributed by atoms with E-state index in [9.17, 15) is 13.6 Å². The maximum Gasteiger partial charge on any atom is 0.223 e. The first kappa shape index (κ1) is 17.2. The third kappa shape index (κ3) is 3.58. The van der Waals surface area contributed by atoms with Crippen molar-refractivity contribution in [3.05, 3.63) is 35.4 Å². The maximum absolute atomic E-state index is 13.7. The van der Waals surface area contributed by atoms with Crippen LogP contribution in [0.15, 0.2) is 18.2 Å². The van der Waals surface area contributed by atoms with Crippen LogP contribution in [0.4, 0.5) is 8.78 Å². The second kappa shape index (κ2) is 6.92. The molecule has 3 rings (SSSR count). The molecule has 3 nitrogen and oxygen atoms in total. The third-order valence-corrected chi connectivity index (χ3v) is 4.60. The molecular formula is C16H21ClF2N2O. The fraction of sp³-hybridized carbons (Fsp3) is 0.562. The Balaban J connectivity index is 0.00000176. The van der Waals surface area contributed by atoms with Crippen molar-refractivity contribution in [3.8, 4) is 0 Å². The van der Waals surface area contributed by atoms with Gasteiger partial charge in [-0.05, 0) is 49.4 Å². The Morgan fingerprint density at radius 2 is 2.14 bits per heavy atom. The Bertz CT molecular complexity index is 555. The highest BCUT2D eigenvalue weighted by Crippen LogP contribution is 2.48. The summed E-state index contributed by atoms with van der Waals surface area (Å²) < 4.78 is 26.6. The predicted molar refractivity (Wildman–Crippen MR) is 83.0 cm³/mol. The Hall–Kier alpha value is -1.20. The summed E-state index contributed by atoms with van der Waals surface area (Å²) in [7, 11) is 0. The molecule has 1 amide bonds. The Labute approximate surface area is 135 Å². The van der Waals surface area contributed by atoms with Crippen LogP contribution in [-0.2, 0) is 4.79 Å². The van der Waals surface area contributed by atoms with Gasteiger partial charge in [0.15, 0.2) is 0 Å². The molecular weight excluding hydrogens is 310 g/mol. The quantitative estimate of drug-likeness (QED) is 0.894. The number of halogens is 3. The predicted octanol–water partition coefficient (Wildman–Crippen LogP) is 2.60. The van der Waals surface area contributed by atoms with Gasteiger partial charge in [-0.3, -0.25) is 4.79 Å². The summed E-state index contributed by atoms with van der Waals surface area (Å²) in [6.45, 7) is 3.93. The lowest BCUT2D eigenvalue weighted by atomic mass is 9.95. The second-order valence-electron chi connectivity index (χ2n) is 6.20. The van der Waals surface area contributed by atoms with Crippen LogP contribution in [0.1, 0.15) is 31.2 Å². The Morgan fingerprint density at radius 1 is 1.36 bits per heavy atom. The highest BCUT2D eigenvalue weighted by Gasteiger charge is 2.45. The van der Waals surface area contributed by atoms with Crippen LogP contribution in [0.2, 0.25) is 0 Å². The lowest BCUT2D eigenvalue weighted by Crippen LogP contribution is -2.48. The lowest BCUT2D eigenvalue weighted by Gasteiger charge is -2.30. The zero-order chi connectivity index (χ0) is 15.0. The largest absolute Gasteiger partial charge is 0.353 e. The molecule has 1 aliphatic carbocycles. The van der Waals surface area contributed by atoms with E-state index in [1.54, 1.807) is 0 Å². The molecule has 1 aromatic carbocycles. The molecule has 0 bridgehead atoms. The van der Waals surface area contributed by atoms with Gasteiger partial charge >= 0.3 is 0 Å². The summed E-state index contributed by atoms with van der Waals surface area (Å²) in [5.41, 5.74) is 0.454. The smallest absolute Gasteiger partial charge is 0.223 e. The zero-order valence-corrected chi connectivity index (χ0v) is 13.3. The average molecular weight is 331 g/mol. The van der Waals surface area contributed by atoms with E-state index in [2.05, 4.69) is 17.6 Å². The molecule has 22 heavy (non-hydrogen) atoms. The summed E-state index contributed by atoms with van der Waals surface area (Å²) in [6.07, 6.45) is 1.57. The minimum Gasteiger partial charge on any atom is -0.353 e.